The Morgan fingerprint density at radius 2 is 2.11 bits per heavy atom. The first-order valence-electron chi connectivity index (χ1n) is 10.6. The summed E-state index contributed by atoms with van der Waals surface area (Å²) in [5.74, 6) is -0.00706. The molecular formula is C22H38O5. The molecule has 0 aromatic carbocycles. The SMILES string of the molecule is C=CC[C@@H]1[C@H](O)C[C@H](OC)O[C@H]1C=C[C@H](CCCCC)OC1CCCCO1. The topological polar surface area (TPSA) is 57.2 Å². The van der Waals surface area contributed by atoms with Crippen molar-refractivity contribution in [2.24, 2.45) is 5.92 Å². The molecule has 0 amide bonds. The van der Waals surface area contributed by atoms with E-state index >= 15 is 0 Å². The van der Waals surface area contributed by atoms with E-state index in [9.17, 15) is 5.11 Å². The van der Waals surface area contributed by atoms with Crippen LogP contribution in [0.2, 0.25) is 0 Å². The summed E-state index contributed by atoms with van der Waals surface area (Å²) in [6.45, 7) is 6.81. The van der Waals surface area contributed by atoms with Crippen LogP contribution in [0.3, 0.4) is 0 Å². The molecule has 0 spiro atoms. The van der Waals surface area contributed by atoms with Crippen LogP contribution in [-0.4, -0.2) is 49.7 Å². The Balaban J connectivity index is 2.01. The first-order valence-corrected chi connectivity index (χ1v) is 10.6. The Morgan fingerprint density at radius 1 is 1.26 bits per heavy atom. The van der Waals surface area contributed by atoms with Crippen molar-refractivity contribution in [3.63, 3.8) is 0 Å². The van der Waals surface area contributed by atoms with Crippen molar-refractivity contribution in [2.75, 3.05) is 13.7 Å². The van der Waals surface area contributed by atoms with Gasteiger partial charge in [0.05, 0.1) is 18.3 Å². The van der Waals surface area contributed by atoms with Crippen LogP contribution < -0.4 is 0 Å². The van der Waals surface area contributed by atoms with Gasteiger partial charge in [-0.15, -0.1) is 6.58 Å². The molecule has 2 aliphatic rings. The van der Waals surface area contributed by atoms with E-state index in [-0.39, 0.29) is 30.7 Å². The molecule has 27 heavy (non-hydrogen) atoms. The zero-order valence-electron chi connectivity index (χ0n) is 17.1. The minimum absolute atomic E-state index is 0.00706. The molecule has 1 unspecified atom stereocenters. The standard InChI is InChI=1S/C22H38O5/c1-4-6-7-11-17(26-21-12-8-9-15-25-21)13-14-20-18(10-5-2)19(23)16-22(24-3)27-20/h5,13-14,17-23H,2,4,6-12,15-16H2,1,3H3/t17-,18+,19+,20-,21?,22+/m0/s1. The molecule has 0 aromatic rings. The molecule has 2 rings (SSSR count). The zero-order chi connectivity index (χ0) is 19.5. The van der Waals surface area contributed by atoms with Gasteiger partial charge < -0.3 is 24.1 Å². The third-order valence-electron chi connectivity index (χ3n) is 5.43. The smallest absolute Gasteiger partial charge is 0.160 e. The molecule has 2 saturated heterocycles. The van der Waals surface area contributed by atoms with Crippen molar-refractivity contribution in [1.82, 2.24) is 0 Å². The van der Waals surface area contributed by atoms with E-state index in [0.29, 0.717) is 12.8 Å². The van der Waals surface area contributed by atoms with Crippen LogP contribution >= 0.6 is 0 Å². The molecule has 0 radical (unpaired) electrons. The van der Waals surface area contributed by atoms with Crippen LogP contribution in [0.5, 0.6) is 0 Å². The summed E-state index contributed by atoms with van der Waals surface area (Å²) < 4.78 is 23.3. The summed E-state index contributed by atoms with van der Waals surface area (Å²) in [6, 6.07) is 0. The first kappa shape index (κ1) is 22.6. The van der Waals surface area contributed by atoms with Gasteiger partial charge in [0.15, 0.2) is 12.6 Å². The summed E-state index contributed by atoms with van der Waals surface area (Å²) in [4.78, 5) is 0. The number of hydrogen-bond donors (Lipinski definition) is 1. The van der Waals surface area contributed by atoms with Crippen LogP contribution in [0.1, 0.15) is 64.7 Å². The molecule has 2 aliphatic heterocycles. The van der Waals surface area contributed by atoms with Crippen LogP contribution in [0, 0.1) is 5.92 Å². The largest absolute Gasteiger partial charge is 0.393 e. The van der Waals surface area contributed by atoms with Gasteiger partial charge in [-0.1, -0.05) is 44.4 Å². The first-order chi connectivity index (χ1) is 13.2. The molecule has 1 N–H and O–H groups in total. The van der Waals surface area contributed by atoms with E-state index < -0.39 is 6.10 Å². The summed E-state index contributed by atoms with van der Waals surface area (Å²) in [5, 5.41) is 10.5. The summed E-state index contributed by atoms with van der Waals surface area (Å²) in [7, 11) is 1.61. The van der Waals surface area contributed by atoms with Crippen molar-refractivity contribution in [3.05, 3.63) is 24.8 Å². The zero-order valence-corrected chi connectivity index (χ0v) is 17.1. The lowest BCUT2D eigenvalue weighted by atomic mass is 9.87. The maximum atomic E-state index is 10.5. The van der Waals surface area contributed by atoms with Crippen molar-refractivity contribution < 1.29 is 24.1 Å². The van der Waals surface area contributed by atoms with Crippen LogP contribution in [0.15, 0.2) is 24.8 Å². The van der Waals surface area contributed by atoms with E-state index in [1.807, 2.05) is 12.2 Å². The Morgan fingerprint density at radius 3 is 2.78 bits per heavy atom. The molecule has 2 fully saturated rings. The average Bonchev–Trinajstić information content (AvgIpc) is 2.68. The highest BCUT2D eigenvalue weighted by Gasteiger charge is 2.36. The van der Waals surface area contributed by atoms with Crippen LogP contribution in [0.4, 0.5) is 0 Å². The van der Waals surface area contributed by atoms with Gasteiger partial charge in [-0.2, -0.15) is 0 Å². The lowest BCUT2D eigenvalue weighted by Gasteiger charge is -2.38. The number of aliphatic hydroxyl groups is 1. The molecule has 5 nitrogen and oxygen atoms in total. The normalized spacial score (nSPS) is 33.2. The molecule has 5 heteroatoms. The summed E-state index contributed by atoms with van der Waals surface area (Å²) in [6.07, 6.45) is 13.8. The van der Waals surface area contributed by atoms with Gasteiger partial charge in [-0.25, -0.2) is 0 Å². The van der Waals surface area contributed by atoms with Gasteiger partial charge in [0.25, 0.3) is 0 Å². The van der Waals surface area contributed by atoms with Crippen molar-refractivity contribution in [2.45, 2.75) is 95.6 Å². The molecule has 0 aromatic heterocycles. The molecule has 0 saturated carbocycles. The van der Waals surface area contributed by atoms with E-state index in [1.165, 1.54) is 12.8 Å². The highest BCUT2D eigenvalue weighted by Crippen LogP contribution is 2.30. The molecule has 156 valence electrons. The highest BCUT2D eigenvalue weighted by atomic mass is 16.7. The van der Waals surface area contributed by atoms with Gasteiger partial charge in [-0.05, 0) is 32.1 Å². The third-order valence-corrected chi connectivity index (χ3v) is 5.43. The monoisotopic (exact) mass is 382 g/mol. The van der Waals surface area contributed by atoms with Crippen molar-refractivity contribution >= 4 is 0 Å². The number of ether oxygens (including phenoxy) is 4. The second-order valence-electron chi connectivity index (χ2n) is 7.61. The second-order valence-corrected chi connectivity index (χ2v) is 7.61. The quantitative estimate of drug-likeness (QED) is 0.425. The van der Waals surface area contributed by atoms with Gasteiger partial charge in [0.2, 0.25) is 0 Å². The minimum Gasteiger partial charge on any atom is -0.393 e. The van der Waals surface area contributed by atoms with Crippen molar-refractivity contribution in [3.8, 4) is 0 Å². The number of hydrogen-bond acceptors (Lipinski definition) is 5. The Kier molecular flexibility index (Phi) is 10.6. The fraction of sp³-hybridized carbons (Fsp3) is 0.818. The highest BCUT2D eigenvalue weighted by molar-refractivity contribution is 5.02. The van der Waals surface area contributed by atoms with E-state index in [1.54, 1.807) is 7.11 Å². The molecule has 2 heterocycles. The lowest BCUT2D eigenvalue weighted by Crippen LogP contribution is -2.44. The Labute approximate surface area is 164 Å². The number of rotatable bonds is 11. The fourth-order valence-corrected chi connectivity index (χ4v) is 3.80. The van der Waals surface area contributed by atoms with E-state index in [2.05, 4.69) is 19.6 Å². The lowest BCUT2D eigenvalue weighted by molar-refractivity contribution is -0.213. The van der Waals surface area contributed by atoms with Crippen LogP contribution in [0.25, 0.3) is 0 Å². The Hall–Kier alpha value is -0.720. The molecule has 0 aliphatic carbocycles. The van der Waals surface area contributed by atoms with Gasteiger partial charge >= 0.3 is 0 Å². The van der Waals surface area contributed by atoms with E-state index in [0.717, 1.165) is 38.7 Å². The number of methoxy groups -OCH3 is 1. The second kappa shape index (κ2) is 12.7. The molecule has 6 atom stereocenters. The predicted molar refractivity (Wildman–Crippen MR) is 106 cm³/mol. The molecular weight excluding hydrogens is 344 g/mol. The number of aliphatic hydroxyl groups excluding tert-OH is 1. The predicted octanol–water partition coefficient (Wildman–Crippen LogP) is 4.35. The number of allylic oxidation sites excluding steroid dienone is 1. The minimum atomic E-state index is -0.461. The number of unbranched alkanes of at least 4 members (excludes halogenated alkanes) is 2. The maximum Gasteiger partial charge on any atom is 0.160 e. The molecule has 0 bridgehead atoms. The third kappa shape index (κ3) is 7.66. The average molecular weight is 383 g/mol. The summed E-state index contributed by atoms with van der Waals surface area (Å²) >= 11 is 0. The maximum absolute atomic E-state index is 10.5. The van der Waals surface area contributed by atoms with Crippen molar-refractivity contribution in [1.29, 1.82) is 0 Å². The van der Waals surface area contributed by atoms with Gasteiger partial charge in [0, 0.05) is 26.1 Å². The summed E-state index contributed by atoms with van der Waals surface area (Å²) in [5.41, 5.74) is 0. The van der Waals surface area contributed by atoms with Gasteiger partial charge in [0.1, 0.15) is 0 Å². The Bertz CT molecular complexity index is 432. The van der Waals surface area contributed by atoms with Crippen LogP contribution in [-0.2, 0) is 18.9 Å². The van der Waals surface area contributed by atoms with Gasteiger partial charge in [-0.3, -0.25) is 0 Å². The fourth-order valence-electron chi connectivity index (χ4n) is 3.80. The van der Waals surface area contributed by atoms with E-state index in [4.69, 9.17) is 18.9 Å².